The topological polar surface area (TPSA) is 144 Å². The Morgan fingerprint density at radius 2 is 1.68 bits per heavy atom. The van der Waals surface area contributed by atoms with Gasteiger partial charge in [-0.3, -0.25) is 4.98 Å². The van der Waals surface area contributed by atoms with Crippen LogP contribution in [0.4, 0.5) is 0 Å². The van der Waals surface area contributed by atoms with Gasteiger partial charge in [0.05, 0.1) is 23.1 Å². The molecule has 1 aliphatic carbocycles. The zero-order chi connectivity index (χ0) is 24.3. The molecule has 1 fully saturated rings. The van der Waals surface area contributed by atoms with Crippen molar-refractivity contribution in [2.24, 2.45) is 0 Å². The van der Waals surface area contributed by atoms with Gasteiger partial charge in [0.25, 0.3) is 0 Å². The Kier molecular flexibility index (Phi) is 4.78. The maximum absolute atomic E-state index is 13.1. The van der Waals surface area contributed by atoms with E-state index in [0.29, 0.717) is 16.7 Å². The van der Waals surface area contributed by atoms with E-state index in [-0.39, 0.29) is 17.0 Å². The van der Waals surface area contributed by atoms with Crippen LogP contribution in [0.25, 0.3) is 0 Å². The molecule has 34 heavy (non-hydrogen) atoms. The number of aliphatic hydroxyl groups is 2. The lowest BCUT2D eigenvalue weighted by atomic mass is 9.72. The average molecular weight is 474 g/mol. The summed E-state index contributed by atoms with van der Waals surface area (Å²) >= 11 is 0. The minimum absolute atomic E-state index is 0.0459. The smallest absolute Gasteiger partial charge is 0.182 e. The summed E-state index contributed by atoms with van der Waals surface area (Å²) in [7, 11) is -3.93. The van der Waals surface area contributed by atoms with Crippen LogP contribution in [0.1, 0.15) is 33.9 Å². The summed E-state index contributed by atoms with van der Waals surface area (Å²) in [4.78, 5) is 4.24. The first-order chi connectivity index (χ1) is 16.2. The fourth-order valence-electron chi connectivity index (χ4n) is 5.43. The number of nitriles is 2. The zero-order valence-electron chi connectivity index (χ0n) is 18.0. The second-order valence-corrected chi connectivity index (χ2v) is 10.8. The van der Waals surface area contributed by atoms with Gasteiger partial charge in [-0.25, -0.2) is 8.42 Å². The molecule has 1 saturated carbocycles. The lowest BCUT2D eigenvalue weighted by molar-refractivity contribution is -0.150. The van der Waals surface area contributed by atoms with Gasteiger partial charge in [-0.05, 0) is 23.3 Å². The number of nitrogens with zero attached hydrogens (tertiary/aromatic N) is 3. The molecule has 2 aliphatic rings. The monoisotopic (exact) mass is 473 g/mol. The Morgan fingerprint density at radius 3 is 2.26 bits per heavy atom. The van der Waals surface area contributed by atoms with Crippen LogP contribution in [0.3, 0.4) is 0 Å². The molecule has 0 unspecified atom stereocenters. The first-order valence-electron chi connectivity index (χ1n) is 10.4. The Morgan fingerprint density at radius 1 is 1.03 bits per heavy atom. The number of ether oxygens (including phenoxy) is 1. The fraction of sp³-hybridized carbons (Fsp3) is 0.240. The predicted octanol–water partition coefficient (Wildman–Crippen LogP) is 1.87. The van der Waals surface area contributed by atoms with E-state index in [2.05, 4.69) is 4.98 Å². The van der Waals surface area contributed by atoms with E-state index in [1.54, 1.807) is 42.5 Å². The molecule has 1 aliphatic heterocycles. The SMILES string of the molecule is CS(=O)(=O)[C@H]1[C@@H](O)[C@@]2(O)c3ncc(C#N)cc3O[C@@]2(c2ccc(C#N)cc2)[C@@H]1c1ccccc1. The molecule has 0 saturated heterocycles. The van der Waals surface area contributed by atoms with Crippen molar-refractivity contribution in [2.45, 2.75) is 28.5 Å². The van der Waals surface area contributed by atoms with Crippen molar-refractivity contribution < 1.29 is 23.4 Å². The number of sulfone groups is 1. The lowest BCUT2D eigenvalue weighted by Gasteiger charge is -2.40. The van der Waals surface area contributed by atoms with Crippen LogP contribution in [0.5, 0.6) is 5.75 Å². The van der Waals surface area contributed by atoms with Crippen LogP contribution in [0.2, 0.25) is 0 Å². The highest BCUT2D eigenvalue weighted by molar-refractivity contribution is 7.91. The number of aliphatic hydroxyl groups excluding tert-OH is 1. The van der Waals surface area contributed by atoms with Crippen molar-refractivity contribution in [3.8, 4) is 17.9 Å². The molecule has 2 N–H and O–H groups in total. The van der Waals surface area contributed by atoms with Gasteiger partial charge in [0.1, 0.15) is 28.9 Å². The molecule has 2 heterocycles. The summed E-state index contributed by atoms with van der Waals surface area (Å²) in [5, 5.41) is 41.0. The number of hydrogen-bond acceptors (Lipinski definition) is 8. The average Bonchev–Trinajstić information content (AvgIpc) is 3.22. The molecule has 0 amide bonds. The maximum Gasteiger partial charge on any atom is 0.182 e. The second kappa shape index (κ2) is 7.37. The van der Waals surface area contributed by atoms with Crippen LogP contribution < -0.4 is 4.74 Å². The molecule has 0 spiro atoms. The lowest BCUT2D eigenvalue weighted by Crippen LogP contribution is -2.52. The highest BCUT2D eigenvalue weighted by Gasteiger charge is 2.78. The molecular formula is C25H19N3O5S. The van der Waals surface area contributed by atoms with Crippen molar-refractivity contribution in [2.75, 3.05) is 6.26 Å². The van der Waals surface area contributed by atoms with E-state index >= 15 is 0 Å². The summed E-state index contributed by atoms with van der Waals surface area (Å²) < 4.78 is 32.5. The molecule has 8 nitrogen and oxygen atoms in total. The third-order valence-corrected chi connectivity index (χ3v) is 8.30. The highest BCUT2D eigenvalue weighted by Crippen LogP contribution is 2.67. The fourth-order valence-corrected chi connectivity index (χ4v) is 6.93. The Hall–Kier alpha value is -3.76. The van der Waals surface area contributed by atoms with Gasteiger partial charge in [0.2, 0.25) is 0 Å². The zero-order valence-corrected chi connectivity index (χ0v) is 18.8. The molecule has 9 heteroatoms. The number of benzene rings is 2. The maximum atomic E-state index is 13.1. The van der Waals surface area contributed by atoms with Crippen LogP contribution in [0.15, 0.2) is 66.9 Å². The first kappa shape index (κ1) is 22.1. The summed E-state index contributed by atoms with van der Waals surface area (Å²) in [5.74, 6) is -0.964. The normalized spacial score (nSPS) is 29.4. The van der Waals surface area contributed by atoms with E-state index in [0.717, 1.165) is 6.26 Å². The molecule has 5 atom stereocenters. The number of fused-ring (bicyclic) bond motifs is 3. The summed E-state index contributed by atoms with van der Waals surface area (Å²) in [5.41, 5.74) is -2.68. The van der Waals surface area contributed by atoms with Crippen molar-refractivity contribution in [3.63, 3.8) is 0 Å². The third kappa shape index (κ3) is 2.75. The van der Waals surface area contributed by atoms with E-state index < -0.39 is 38.3 Å². The molecule has 3 aromatic rings. The molecule has 5 rings (SSSR count). The number of rotatable bonds is 3. The van der Waals surface area contributed by atoms with Crippen molar-refractivity contribution >= 4 is 9.84 Å². The first-order valence-corrected chi connectivity index (χ1v) is 12.4. The van der Waals surface area contributed by atoms with Crippen LogP contribution in [-0.2, 0) is 21.0 Å². The molecular weight excluding hydrogens is 454 g/mol. The van der Waals surface area contributed by atoms with Gasteiger partial charge in [0, 0.05) is 18.5 Å². The predicted molar refractivity (Wildman–Crippen MR) is 120 cm³/mol. The minimum atomic E-state index is -3.93. The van der Waals surface area contributed by atoms with Crippen molar-refractivity contribution in [3.05, 3.63) is 94.8 Å². The van der Waals surface area contributed by atoms with Gasteiger partial charge in [-0.15, -0.1) is 0 Å². The van der Waals surface area contributed by atoms with E-state index in [9.17, 15) is 29.2 Å². The van der Waals surface area contributed by atoms with Gasteiger partial charge in [-0.2, -0.15) is 10.5 Å². The number of pyridine rings is 1. The third-order valence-electron chi connectivity index (χ3n) is 6.78. The van der Waals surface area contributed by atoms with Gasteiger partial charge < -0.3 is 14.9 Å². The molecule has 1 aromatic heterocycles. The Labute approximate surface area is 196 Å². The van der Waals surface area contributed by atoms with E-state index in [4.69, 9.17) is 4.74 Å². The minimum Gasteiger partial charge on any atom is -0.476 e. The largest absolute Gasteiger partial charge is 0.476 e. The number of aromatic nitrogens is 1. The van der Waals surface area contributed by atoms with Gasteiger partial charge in [0.15, 0.2) is 21.0 Å². The van der Waals surface area contributed by atoms with Crippen molar-refractivity contribution in [1.82, 2.24) is 4.98 Å². The highest BCUT2D eigenvalue weighted by atomic mass is 32.2. The Bertz CT molecular complexity index is 1480. The number of hydrogen-bond donors (Lipinski definition) is 2. The van der Waals surface area contributed by atoms with Crippen LogP contribution in [-0.4, -0.2) is 41.2 Å². The van der Waals surface area contributed by atoms with Gasteiger partial charge in [-0.1, -0.05) is 42.5 Å². The van der Waals surface area contributed by atoms with E-state index in [1.807, 2.05) is 12.1 Å². The van der Waals surface area contributed by atoms with E-state index in [1.165, 1.54) is 24.4 Å². The summed E-state index contributed by atoms with van der Waals surface area (Å²) in [6, 6.07) is 20.3. The molecule has 2 aromatic carbocycles. The van der Waals surface area contributed by atoms with Crippen LogP contribution >= 0.6 is 0 Å². The van der Waals surface area contributed by atoms with Gasteiger partial charge >= 0.3 is 0 Å². The molecule has 0 bridgehead atoms. The Balaban J connectivity index is 1.89. The molecule has 0 radical (unpaired) electrons. The van der Waals surface area contributed by atoms with Crippen LogP contribution in [0, 0.1) is 22.7 Å². The van der Waals surface area contributed by atoms with Crippen molar-refractivity contribution in [1.29, 1.82) is 10.5 Å². The standard InChI is InChI=1S/C25H19N3O5S/c1-34(31,32)21-20(17-5-3-2-4-6-17)25(18-9-7-15(12-26)8-10-18)24(30,23(21)29)22-19(33-25)11-16(13-27)14-28-22/h2-11,14,20-21,23,29-30H,1H3/t20-,21-,23-,24+,25+/m1/s1. The summed E-state index contributed by atoms with van der Waals surface area (Å²) in [6.45, 7) is 0. The molecule has 170 valence electrons. The summed E-state index contributed by atoms with van der Waals surface area (Å²) in [6.07, 6.45) is 0.457. The quantitative estimate of drug-likeness (QED) is 0.587. The second-order valence-electron chi connectivity index (χ2n) is 8.60.